The van der Waals surface area contributed by atoms with Gasteiger partial charge in [0.25, 0.3) is 11.8 Å². The van der Waals surface area contributed by atoms with Crippen LogP contribution in [-0.2, 0) is 4.74 Å². The average Bonchev–Trinajstić information content (AvgIpc) is 2.92. The molecule has 186 valence electrons. The Balaban J connectivity index is 1.27. The molecule has 9 heteroatoms. The Morgan fingerprint density at radius 1 is 0.861 bits per heavy atom. The van der Waals surface area contributed by atoms with E-state index >= 15 is 0 Å². The highest BCUT2D eigenvalue weighted by atomic mass is 32.1. The molecule has 8 nitrogen and oxygen atoms in total. The molecule has 4 rings (SSSR count). The van der Waals surface area contributed by atoms with Gasteiger partial charge in [-0.25, -0.2) is 0 Å². The number of anilines is 1. The summed E-state index contributed by atoms with van der Waals surface area (Å²) in [6.45, 7) is 2.88. The molecule has 2 amide bonds. The molecule has 0 aromatic heterocycles. The van der Waals surface area contributed by atoms with E-state index in [9.17, 15) is 9.59 Å². The molecule has 0 bridgehead atoms. The first-order valence-corrected chi connectivity index (χ1v) is 12.0. The van der Waals surface area contributed by atoms with Crippen molar-refractivity contribution in [2.75, 3.05) is 44.8 Å². The van der Waals surface area contributed by atoms with Crippen molar-refractivity contribution < 1.29 is 23.8 Å². The lowest BCUT2D eigenvalue weighted by atomic mass is 10.1. The van der Waals surface area contributed by atoms with E-state index < -0.39 is 5.91 Å². The van der Waals surface area contributed by atoms with Crippen molar-refractivity contribution in [2.45, 2.75) is 0 Å². The molecule has 0 saturated carbocycles. The molecule has 3 aromatic carbocycles. The van der Waals surface area contributed by atoms with Crippen LogP contribution in [0.15, 0.2) is 78.9 Å². The minimum atomic E-state index is -0.397. The van der Waals surface area contributed by atoms with Crippen molar-refractivity contribution in [3.8, 4) is 11.5 Å². The van der Waals surface area contributed by atoms with E-state index in [1.165, 1.54) is 0 Å². The fourth-order valence-electron chi connectivity index (χ4n) is 3.59. The Kier molecular flexibility index (Phi) is 8.85. The van der Waals surface area contributed by atoms with Crippen molar-refractivity contribution >= 4 is 34.8 Å². The van der Waals surface area contributed by atoms with Crippen LogP contribution in [-0.4, -0.2) is 61.3 Å². The second-order valence-electron chi connectivity index (χ2n) is 7.90. The number of morpholine rings is 1. The first kappa shape index (κ1) is 25.2. The van der Waals surface area contributed by atoms with E-state index in [0.717, 1.165) is 5.75 Å². The second-order valence-corrected chi connectivity index (χ2v) is 8.30. The summed E-state index contributed by atoms with van der Waals surface area (Å²) in [7, 11) is 0. The topological polar surface area (TPSA) is 89.1 Å². The fourth-order valence-corrected chi connectivity index (χ4v) is 3.80. The maximum Gasteiger partial charge on any atom is 0.261 e. The van der Waals surface area contributed by atoms with Crippen LogP contribution in [0.5, 0.6) is 11.5 Å². The van der Waals surface area contributed by atoms with Crippen LogP contribution >= 0.6 is 12.2 Å². The number of thiocarbonyl (C=S) groups is 1. The van der Waals surface area contributed by atoms with Crippen LogP contribution in [0.2, 0.25) is 0 Å². The maximum atomic E-state index is 12.8. The van der Waals surface area contributed by atoms with Gasteiger partial charge >= 0.3 is 0 Å². The van der Waals surface area contributed by atoms with E-state index in [0.29, 0.717) is 55.5 Å². The van der Waals surface area contributed by atoms with Gasteiger partial charge in [-0.15, -0.1) is 0 Å². The summed E-state index contributed by atoms with van der Waals surface area (Å²) < 4.78 is 16.7. The summed E-state index contributed by atoms with van der Waals surface area (Å²) >= 11 is 5.31. The molecule has 36 heavy (non-hydrogen) atoms. The third kappa shape index (κ3) is 7.03. The molecule has 0 spiro atoms. The highest BCUT2D eigenvalue weighted by molar-refractivity contribution is 7.80. The number of carbonyl (C=O) groups excluding carboxylic acids is 2. The summed E-state index contributed by atoms with van der Waals surface area (Å²) in [6.07, 6.45) is 0. The first-order valence-electron chi connectivity index (χ1n) is 11.6. The number of nitrogens with one attached hydrogen (secondary N) is 2. The van der Waals surface area contributed by atoms with Gasteiger partial charge in [-0.1, -0.05) is 30.3 Å². The third-order valence-corrected chi connectivity index (χ3v) is 5.60. The van der Waals surface area contributed by atoms with Gasteiger partial charge in [0.2, 0.25) is 0 Å². The van der Waals surface area contributed by atoms with Crippen molar-refractivity contribution in [3.63, 3.8) is 0 Å². The van der Waals surface area contributed by atoms with Gasteiger partial charge in [-0.3, -0.25) is 14.9 Å². The average molecular weight is 506 g/mol. The van der Waals surface area contributed by atoms with Gasteiger partial charge in [-0.05, 0) is 60.7 Å². The second kappa shape index (κ2) is 12.7. The number of rotatable bonds is 8. The Morgan fingerprint density at radius 3 is 2.28 bits per heavy atom. The number of amides is 2. The van der Waals surface area contributed by atoms with Crippen LogP contribution < -0.4 is 20.1 Å². The molecule has 1 saturated heterocycles. The lowest BCUT2D eigenvalue weighted by molar-refractivity contribution is 0.0303. The predicted octanol–water partition coefficient (Wildman–Crippen LogP) is 3.74. The fraction of sp³-hybridized carbons (Fsp3) is 0.222. The van der Waals surface area contributed by atoms with Gasteiger partial charge in [0, 0.05) is 24.3 Å². The van der Waals surface area contributed by atoms with Crippen LogP contribution in [0.1, 0.15) is 20.7 Å². The quantitative estimate of drug-likeness (QED) is 0.356. The summed E-state index contributed by atoms with van der Waals surface area (Å²) in [4.78, 5) is 27.2. The summed E-state index contributed by atoms with van der Waals surface area (Å²) in [6, 6.07) is 23.3. The van der Waals surface area contributed by atoms with Crippen molar-refractivity contribution in [2.24, 2.45) is 0 Å². The molecule has 0 aliphatic carbocycles. The molecule has 0 atom stereocenters. The van der Waals surface area contributed by atoms with Gasteiger partial charge in [0.15, 0.2) is 5.11 Å². The zero-order valence-electron chi connectivity index (χ0n) is 19.6. The molecule has 2 N–H and O–H groups in total. The largest absolute Gasteiger partial charge is 0.490 e. The number of para-hydroxylation sites is 2. The van der Waals surface area contributed by atoms with Crippen LogP contribution in [0.3, 0.4) is 0 Å². The van der Waals surface area contributed by atoms with E-state index in [-0.39, 0.29) is 17.6 Å². The maximum absolute atomic E-state index is 12.8. The Bertz CT molecular complexity index is 1180. The molecular weight excluding hydrogens is 478 g/mol. The van der Waals surface area contributed by atoms with E-state index in [2.05, 4.69) is 10.6 Å². The molecule has 0 unspecified atom stereocenters. The van der Waals surface area contributed by atoms with Crippen molar-refractivity contribution in [1.29, 1.82) is 0 Å². The lowest BCUT2D eigenvalue weighted by Gasteiger charge is -2.26. The Hall–Kier alpha value is -3.95. The summed E-state index contributed by atoms with van der Waals surface area (Å²) in [5.74, 6) is 0.750. The standard InChI is InChI=1S/C27H27N3O5S/c31-25(23-8-4-5-9-24(23)35-19-18-34-22-6-2-1-3-7-22)29-27(36)28-21-12-10-20(11-13-21)26(32)30-14-16-33-17-15-30/h1-13H,14-19H2,(H2,28,29,31,36). The third-order valence-electron chi connectivity index (χ3n) is 5.40. The Labute approximate surface area is 215 Å². The smallest absolute Gasteiger partial charge is 0.261 e. The van der Waals surface area contributed by atoms with E-state index in [4.69, 9.17) is 26.4 Å². The number of ether oxygens (including phenoxy) is 3. The molecule has 3 aromatic rings. The first-order chi connectivity index (χ1) is 17.6. The number of hydrogen-bond acceptors (Lipinski definition) is 6. The molecule has 1 aliphatic heterocycles. The van der Waals surface area contributed by atoms with Crippen LogP contribution in [0.4, 0.5) is 5.69 Å². The summed E-state index contributed by atoms with van der Waals surface area (Å²) in [5.41, 5.74) is 1.59. The molecular formula is C27H27N3O5S. The SMILES string of the molecule is O=C(NC(=S)Nc1ccc(C(=O)N2CCOCC2)cc1)c1ccccc1OCCOc1ccccc1. The predicted molar refractivity (Wildman–Crippen MR) is 141 cm³/mol. The van der Waals surface area contributed by atoms with E-state index in [1.54, 1.807) is 53.4 Å². The van der Waals surface area contributed by atoms with Gasteiger partial charge < -0.3 is 24.4 Å². The zero-order chi connectivity index (χ0) is 25.2. The lowest BCUT2D eigenvalue weighted by Crippen LogP contribution is -2.40. The highest BCUT2D eigenvalue weighted by Crippen LogP contribution is 2.18. The van der Waals surface area contributed by atoms with E-state index in [1.807, 2.05) is 30.3 Å². The number of carbonyl (C=O) groups is 2. The number of nitrogens with zero attached hydrogens (tertiary/aromatic N) is 1. The summed E-state index contributed by atoms with van der Waals surface area (Å²) in [5, 5.41) is 5.78. The molecule has 1 aliphatic rings. The van der Waals surface area contributed by atoms with Crippen molar-refractivity contribution in [3.05, 3.63) is 90.0 Å². The van der Waals surface area contributed by atoms with Crippen LogP contribution in [0, 0.1) is 0 Å². The number of benzene rings is 3. The van der Waals surface area contributed by atoms with Crippen LogP contribution in [0.25, 0.3) is 0 Å². The van der Waals surface area contributed by atoms with Gasteiger partial charge in [0.05, 0.1) is 18.8 Å². The zero-order valence-corrected chi connectivity index (χ0v) is 20.5. The number of hydrogen-bond donors (Lipinski definition) is 2. The Morgan fingerprint density at radius 2 is 1.53 bits per heavy atom. The minimum absolute atomic E-state index is 0.0356. The molecule has 1 heterocycles. The molecule has 0 radical (unpaired) electrons. The normalized spacial score (nSPS) is 12.9. The molecule has 1 fully saturated rings. The highest BCUT2D eigenvalue weighted by Gasteiger charge is 2.18. The minimum Gasteiger partial charge on any atom is -0.490 e. The van der Waals surface area contributed by atoms with Gasteiger partial charge in [-0.2, -0.15) is 0 Å². The van der Waals surface area contributed by atoms with Crippen molar-refractivity contribution in [1.82, 2.24) is 10.2 Å². The monoisotopic (exact) mass is 505 g/mol. The van der Waals surface area contributed by atoms with Gasteiger partial charge in [0.1, 0.15) is 24.7 Å².